The maximum absolute atomic E-state index is 12.9. The molecule has 0 radical (unpaired) electrons. The van der Waals surface area contributed by atoms with Crippen molar-refractivity contribution in [1.82, 2.24) is 30.2 Å². The van der Waals surface area contributed by atoms with Crippen molar-refractivity contribution in [3.63, 3.8) is 0 Å². The molecule has 2 saturated heterocycles. The summed E-state index contributed by atoms with van der Waals surface area (Å²) in [7, 11) is 2.17. The Morgan fingerprint density at radius 3 is 2.83 bits per heavy atom. The van der Waals surface area contributed by atoms with Crippen LogP contribution >= 0.6 is 0 Å². The van der Waals surface area contributed by atoms with Gasteiger partial charge in [-0.15, -0.1) is 0 Å². The molecule has 1 unspecified atom stereocenters. The Bertz CT molecular complexity index is 1480. The van der Waals surface area contributed by atoms with Crippen molar-refractivity contribution in [2.45, 2.75) is 37.6 Å². The standard InChI is InChI=1S/C26H29N7O2/c1-33-9-6-15(7-10-33)18-4-5-20-23(24(18)35-14-17-3-2-8-28-17)32-25(31-20)21-22-19(13-30-26(21)34)16(11-27)12-29-22/h4-5,12-13,15,17,28-29H,2-3,6-10,14H2,1H3,(H,30,34)(H,31,32). The van der Waals surface area contributed by atoms with E-state index in [0.29, 0.717) is 46.4 Å². The van der Waals surface area contributed by atoms with Crippen LogP contribution in [0, 0.1) is 11.3 Å². The van der Waals surface area contributed by atoms with Gasteiger partial charge in [-0.1, -0.05) is 6.07 Å². The summed E-state index contributed by atoms with van der Waals surface area (Å²) in [6.45, 7) is 3.74. The van der Waals surface area contributed by atoms with Crippen LogP contribution in [-0.4, -0.2) is 64.2 Å². The molecule has 0 saturated carbocycles. The zero-order chi connectivity index (χ0) is 23.9. The van der Waals surface area contributed by atoms with Gasteiger partial charge >= 0.3 is 0 Å². The summed E-state index contributed by atoms with van der Waals surface area (Å²) in [5.74, 6) is 1.69. The van der Waals surface area contributed by atoms with Gasteiger partial charge in [-0.2, -0.15) is 5.26 Å². The second-order valence-electron chi connectivity index (χ2n) is 9.74. The molecule has 3 aromatic heterocycles. The van der Waals surface area contributed by atoms with Crippen LogP contribution in [0.25, 0.3) is 33.3 Å². The summed E-state index contributed by atoms with van der Waals surface area (Å²) in [4.78, 5) is 29.3. The molecule has 2 aliphatic rings. The number of ether oxygens (including phenoxy) is 1. The molecule has 0 spiro atoms. The second kappa shape index (κ2) is 8.87. The smallest absolute Gasteiger partial charge is 0.261 e. The van der Waals surface area contributed by atoms with Crippen LogP contribution < -0.4 is 15.6 Å². The Labute approximate surface area is 202 Å². The molecule has 4 N–H and O–H groups in total. The minimum atomic E-state index is -0.268. The average molecular weight is 472 g/mol. The monoisotopic (exact) mass is 471 g/mol. The van der Waals surface area contributed by atoms with Crippen LogP contribution in [0.4, 0.5) is 0 Å². The first-order valence-electron chi connectivity index (χ1n) is 12.3. The third kappa shape index (κ3) is 3.89. The lowest BCUT2D eigenvalue weighted by atomic mass is 9.88. The first-order chi connectivity index (χ1) is 17.1. The van der Waals surface area contributed by atoms with E-state index in [1.54, 1.807) is 12.4 Å². The van der Waals surface area contributed by atoms with E-state index in [9.17, 15) is 10.1 Å². The maximum Gasteiger partial charge on any atom is 0.261 e. The van der Waals surface area contributed by atoms with E-state index in [-0.39, 0.29) is 5.56 Å². The van der Waals surface area contributed by atoms with Crippen LogP contribution in [0.3, 0.4) is 0 Å². The molecule has 0 amide bonds. The summed E-state index contributed by atoms with van der Waals surface area (Å²) in [5.41, 5.74) is 3.97. The number of nitrogens with zero attached hydrogens (tertiary/aromatic N) is 3. The van der Waals surface area contributed by atoms with Gasteiger partial charge < -0.3 is 29.9 Å². The molecule has 2 fully saturated rings. The fourth-order valence-corrected chi connectivity index (χ4v) is 5.49. The summed E-state index contributed by atoms with van der Waals surface area (Å²) in [6.07, 6.45) is 7.62. The number of rotatable bonds is 5. The summed E-state index contributed by atoms with van der Waals surface area (Å²) >= 11 is 0. The molecule has 35 heavy (non-hydrogen) atoms. The van der Waals surface area contributed by atoms with Crippen molar-refractivity contribution in [2.75, 3.05) is 33.3 Å². The van der Waals surface area contributed by atoms with Crippen molar-refractivity contribution in [3.8, 4) is 23.2 Å². The van der Waals surface area contributed by atoms with E-state index in [1.807, 2.05) is 6.07 Å². The molecule has 9 heteroatoms. The highest BCUT2D eigenvalue weighted by Gasteiger charge is 2.26. The van der Waals surface area contributed by atoms with Gasteiger partial charge in [-0.05, 0) is 69.9 Å². The number of imidazole rings is 1. The topological polar surface area (TPSA) is 126 Å². The number of nitriles is 1. The van der Waals surface area contributed by atoms with Crippen molar-refractivity contribution in [2.24, 2.45) is 0 Å². The highest BCUT2D eigenvalue weighted by atomic mass is 16.5. The lowest BCUT2D eigenvalue weighted by Gasteiger charge is -2.30. The Balaban J connectivity index is 1.47. The highest BCUT2D eigenvalue weighted by molar-refractivity contribution is 5.97. The molecule has 2 aliphatic heterocycles. The Morgan fingerprint density at radius 2 is 2.06 bits per heavy atom. The van der Waals surface area contributed by atoms with E-state index in [4.69, 9.17) is 9.72 Å². The SMILES string of the molecule is CN1CCC(c2ccc3[nH]c(-c4c(=O)[nH]cc5c(C#N)c[nH]c45)nc3c2OCC2CCCN2)CC1. The fourth-order valence-electron chi connectivity index (χ4n) is 5.49. The third-order valence-electron chi connectivity index (χ3n) is 7.49. The highest BCUT2D eigenvalue weighted by Crippen LogP contribution is 2.39. The van der Waals surface area contributed by atoms with E-state index < -0.39 is 0 Å². The van der Waals surface area contributed by atoms with Gasteiger partial charge in [0, 0.05) is 23.8 Å². The second-order valence-corrected chi connectivity index (χ2v) is 9.74. The minimum Gasteiger partial charge on any atom is -0.489 e. The molecule has 1 aromatic carbocycles. The molecular weight excluding hydrogens is 442 g/mol. The van der Waals surface area contributed by atoms with E-state index >= 15 is 0 Å². The van der Waals surface area contributed by atoms with Crippen molar-refractivity contribution >= 4 is 21.9 Å². The van der Waals surface area contributed by atoms with Gasteiger partial charge in [0.1, 0.15) is 29.6 Å². The van der Waals surface area contributed by atoms with Crippen LogP contribution in [0.1, 0.15) is 42.7 Å². The molecular formula is C26H29N7O2. The molecule has 9 nitrogen and oxygen atoms in total. The van der Waals surface area contributed by atoms with E-state index in [2.05, 4.69) is 44.4 Å². The van der Waals surface area contributed by atoms with Crippen LogP contribution in [-0.2, 0) is 0 Å². The number of piperidine rings is 1. The van der Waals surface area contributed by atoms with Gasteiger partial charge in [-0.25, -0.2) is 4.98 Å². The zero-order valence-corrected chi connectivity index (χ0v) is 19.8. The third-order valence-corrected chi connectivity index (χ3v) is 7.49. The Kier molecular flexibility index (Phi) is 5.55. The number of H-pyrrole nitrogens is 3. The number of aromatic amines is 3. The maximum atomic E-state index is 12.9. The Morgan fingerprint density at radius 1 is 1.20 bits per heavy atom. The van der Waals surface area contributed by atoms with E-state index in [0.717, 1.165) is 55.7 Å². The first kappa shape index (κ1) is 21.9. The number of aromatic nitrogens is 4. The average Bonchev–Trinajstić information content (AvgIpc) is 3.62. The molecule has 180 valence electrons. The van der Waals surface area contributed by atoms with E-state index in [1.165, 1.54) is 12.0 Å². The normalized spacial score (nSPS) is 19.5. The fraction of sp³-hybridized carbons (Fsp3) is 0.423. The van der Waals surface area contributed by atoms with Gasteiger partial charge in [0.25, 0.3) is 5.56 Å². The van der Waals surface area contributed by atoms with Crippen LogP contribution in [0.15, 0.2) is 29.3 Å². The summed E-state index contributed by atoms with van der Waals surface area (Å²) < 4.78 is 6.51. The van der Waals surface area contributed by atoms with Gasteiger partial charge in [-0.3, -0.25) is 4.79 Å². The molecule has 0 aliphatic carbocycles. The Hall–Kier alpha value is -3.61. The van der Waals surface area contributed by atoms with Gasteiger partial charge in [0.15, 0.2) is 5.75 Å². The number of hydrogen-bond donors (Lipinski definition) is 4. The number of hydrogen-bond acceptors (Lipinski definition) is 6. The minimum absolute atomic E-state index is 0.268. The molecule has 5 heterocycles. The number of pyridine rings is 1. The number of nitrogens with one attached hydrogen (secondary N) is 4. The molecule has 1 atom stereocenters. The number of benzene rings is 1. The van der Waals surface area contributed by atoms with Gasteiger partial charge in [0.2, 0.25) is 0 Å². The first-order valence-corrected chi connectivity index (χ1v) is 12.3. The molecule has 0 bridgehead atoms. The predicted molar refractivity (Wildman–Crippen MR) is 135 cm³/mol. The largest absolute Gasteiger partial charge is 0.489 e. The lowest BCUT2D eigenvalue weighted by Crippen LogP contribution is -2.30. The van der Waals surface area contributed by atoms with Gasteiger partial charge in [0.05, 0.1) is 16.6 Å². The zero-order valence-electron chi connectivity index (χ0n) is 19.8. The summed E-state index contributed by atoms with van der Waals surface area (Å²) in [6, 6.07) is 6.71. The molecule has 4 aromatic rings. The van der Waals surface area contributed by atoms with Crippen molar-refractivity contribution in [1.29, 1.82) is 5.26 Å². The summed E-state index contributed by atoms with van der Waals surface area (Å²) in [5, 5.41) is 13.6. The number of fused-ring (bicyclic) bond motifs is 2. The molecule has 6 rings (SSSR count). The lowest BCUT2D eigenvalue weighted by molar-refractivity contribution is 0.245. The van der Waals surface area contributed by atoms with Crippen molar-refractivity contribution < 1.29 is 4.74 Å². The van der Waals surface area contributed by atoms with Crippen LogP contribution in [0.5, 0.6) is 5.75 Å². The predicted octanol–water partition coefficient (Wildman–Crippen LogP) is 3.21. The number of likely N-dealkylation sites (tertiary alicyclic amines) is 1. The van der Waals surface area contributed by atoms with Crippen LogP contribution in [0.2, 0.25) is 0 Å². The quantitative estimate of drug-likeness (QED) is 0.354. The van der Waals surface area contributed by atoms with Crippen molar-refractivity contribution in [3.05, 3.63) is 46.0 Å².